The van der Waals surface area contributed by atoms with Gasteiger partial charge in [-0.15, -0.1) is 0 Å². The number of carbonyl (C=O) groups excluding carboxylic acids is 1. The minimum Gasteiger partial charge on any atom is -0.307 e. The minimum atomic E-state index is -3.10. The van der Waals surface area contributed by atoms with Crippen LogP contribution in [0.3, 0.4) is 0 Å². The smallest absolute Gasteiger partial charge is 0.257 e. The number of nitrogens with one attached hydrogen (secondary N) is 1. The number of anilines is 1. The molecule has 1 aliphatic carbocycles. The highest BCUT2D eigenvalue weighted by molar-refractivity contribution is 7.91. The molecule has 1 aromatic carbocycles. The van der Waals surface area contributed by atoms with Crippen molar-refractivity contribution in [2.45, 2.75) is 38.1 Å². The van der Waals surface area contributed by atoms with E-state index in [0.717, 1.165) is 18.5 Å². The highest BCUT2D eigenvalue weighted by Gasteiger charge is 2.32. The van der Waals surface area contributed by atoms with Crippen LogP contribution in [0, 0.1) is 12.7 Å². The Hall–Kier alpha value is -2.81. The third-order valence-corrected chi connectivity index (χ3v) is 7.43. The molecule has 1 atom stereocenters. The van der Waals surface area contributed by atoms with Crippen LogP contribution in [0.25, 0.3) is 10.9 Å². The first-order valence-corrected chi connectivity index (χ1v) is 11.8. The molecule has 30 heavy (non-hydrogen) atoms. The molecule has 2 aliphatic rings. The second-order valence-corrected chi connectivity index (χ2v) is 10.4. The van der Waals surface area contributed by atoms with Gasteiger partial charge >= 0.3 is 0 Å². The highest BCUT2D eigenvalue weighted by Crippen LogP contribution is 2.40. The molecule has 1 amide bonds. The molecule has 7 nitrogen and oxygen atoms in total. The summed E-state index contributed by atoms with van der Waals surface area (Å²) in [5.74, 6) is 0.0673. The number of hydrogen-bond acceptors (Lipinski definition) is 5. The van der Waals surface area contributed by atoms with Gasteiger partial charge in [-0.25, -0.2) is 17.5 Å². The molecule has 1 saturated heterocycles. The quantitative estimate of drug-likeness (QED) is 0.688. The molecule has 0 bridgehead atoms. The summed E-state index contributed by atoms with van der Waals surface area (Å²) in [6.45, 7) is 1.79. The second kappa shape index (κ2) is 6.87. The van der Waals surface area contributed by atoms with Gasteiger partial charge in [0.25, 0.3) is 5.91 Å². The fourth-order valence-electron chi connectivity index (χ4n) is 4.03. The lowest BCUT2D eigenvalue weighted by molar-refractivity contribution is 0.102. The minimum absolute atomic E-state index is 0.00617. The van der Waals surface area contributed by atoms with E-state index in [1.54, 1.807) is 29.8 Å². The zero-order valence-electron chi connectivity index (χ0n) is 16.4. The zero-order valence-corrected chi connectivity index (χ0v) is 17.2. The number of halogens is 1. The number of aromatic nitrogens is 3. The van der Waals surface area contributed by atoms with Gasteiger partial charge in [-0.05, 0) is 50.5 Å². The number of sulfone groups is 1. The van der Waals surface area contributed by atoms with Crippen LogP contribution in [0.4, 0.5) is 10.2 Å². The van der Waals surface area contributed by atoms with Gasteiger partial charge in [0, 0.05) is 23.1 Å². The molecule has 2 fully saturated rings. The zero-order chi connectivity index (χ0) is 21.0. The van der Waals surface area contributed by atoms with Crippen LogP contribution >= 0.6 is 0 Å². The van der Waals surface area contributed by atoms with E-state index in [0.29, 0.717) is 40.3 Å². The highest BCUT2D eigenvalue weighted by atomic mass is 32.2. The van der Waals surface area contributed by atoms with Crippen molar-refractivity contribution in [1.29, 1.82) is 0 Å². The monoisotopic (exact) mass is 428 g/mol. The lowest BCUT2D eigenvalue weighted by Gasteiger charge is -2.15. The van der Waals surface area contributed by atoms with E-state index in [1.165, 1.54) is 12.1 Å². The Morgan fingerprint density at radius 3 is 2.70 bits per heavy atom. The van der Waals surface area contributed by atoms with E-state index < -0.39 is 21.6 Å². The molecule has 3 heterocycles. The number of benzene rings is 1. The number of pyridine rings is 1. The van der Waals surface area contributed by atoms with Gasteiger partial charge < -0.3 is 5.32 Å². The Morgan fingerprint density at radius 1 is 1.20 bits per heavy atom. The summed E-state index contributed by atoms with van der Waals surface area (Å²) in [6.07, 6.45) is 2.52. The number of nitrogens with zero attached hydrogens (tertiary/aromatic N) is 3. The number of fused-ring (bicyclic) bond motifs is 1. The maximum absolute atomic E-state index is 13.9. The number of amides is 1. The third-order valence-electron chi connectivity index (χ3n) is 5.68. The Kier molecular flexibility index (Phi) is 4.39. The first-order valence-electron chi connectivity index (χ1n) is 9.97. The maximum atomic E-state index is 13.9. The fourth-order valence-corrected chi connectivity index (χ4v) is 5.73. The lowest BCUT2D eigenvalue weighted by atomic mass is 10.0. The van der Waals surface area contributed by atoms with Gasteiger partial charge in [-0.3, -0.25) is 9.78 Å². The van der Waals surface area contributed by atoms with E-state index >= 15 is 0 Å². The van der Waals surface area contributed by atoms with Crippen LogP contribution in [0.2, 0.25) is 0 Å². The first-order chi connectivity index (χ1) is 14.3. The van der Waals surface area contributed by atoms with E-state index in [9.17, 15) is 17.6 Å². The summed E-state index contributed by atoms with van der Waals surface area (Å²) in [5, 5.41) is 7.72. The average Bonchev–Trinajstić information content (AvgIpc) is 3.39. The second-order valence-electron chi connectivity index (χ2n) is 8.16. The van der Waals surface area contributed by atoms with Crippen molar-refractivity contribution < 1.29 is 17.6 Å². The summed E-state index contributed by atoms with van der Waals surface area (Å²) < 4.78 is 39.3. The van der Waals surface area contributed by atoms with Gasteiger partial charge in [0.15, 0.2) is 9.84 Å². The molecule has 5 rings (SSSR count). The molecule has 0 radical (unpaired) electrons. The molecule has 156 valence electrons. The molecule has 0 unspecified atom stereocenters. The van der Waals surface area contributed by atoms with Crippen LogP contribution in [0.1, 0.15) is 53.0 Å². The van der Waals surface area contributed by atoms with E-state index in [1.807, 2.05) is 0 Å². The van der Waals surface area contributed by atoms with Crippen molar-refractivity contribution in [3.8, 4) is 0 Å². The molecule has 1 saturated carbocycles. The van der Waals surface area contributed by atoms with Crippen molar-refractivity contribution in [1.82, 2.24) is 14.8 Å². The average molecular weight is 428 g/mol. The number of carbonyl (C=O) groups is 1. The van der Waals surface area contributed by atoms with Crippen LogP contribution in [-0.4, -0.2) is 40.6 Å². The summed E-state index contributed by atoms with van der Waals surface area (Å²) in [5.41, 5.74) is 2.45. The van der Waals surface area contributed by atoms with Crippen LogP contribution in [-0.2, 0) is 9.84 Å². The summed E-state index contributed by atoms with van der Waals surface area (Å²) in [7, 11) is -3.10. The predicted octanol–water partition coefficient (Wildman–Crippen LogP) is 3.37. The van der Waals surface area contributed by atoms with Crippen molar-refractivity contribution >= 4 is 32.5 Å². The van der Waals surface area contributed by atoms with Gasteiger partial charge in [-0.2, -0.15) is 5.10 Å². The van der Waals surface area contributed by atoms with E-state index in [2.05, 4.69) is 15.4 Å². The standard InChI is InChI=1S/C21H21FN4O3S/c1-12-8-20(26(25-12)15-6-7-30(28,29)11-15)24-21(27)17-10-19(13-2-3-13)23-18-5-4-14(22)9-16(17)18/h4-5,8-10,13,15H,2-3,6-7,11H2,1H3,(H,24,27)/t15-/m1/s1. The predicted molar refractivity (Wildman–Crippen MR) is 111 cm³/mol. The van der Waals surface area contributed by atoms with Gasteiger partial charge in [0.05, 0.1) is 34.3 Å². The van der Waals surface area contributed by atoms with Crippen molar-refractivity contribution in [3.05, 3.63) is 53.1 Å². The van der Waals surface area contributed by atoms with Gasteiger partial charge in [0.1, 0.15) is 11.6 Å². The normalized spacial score (nSPS) is 20.5. The largest absolute Gasteiger partial charge is 0.307 e. The van der Waals surface area contributed by atoms with Crippen molar-refractivity contribution in [2.75, 3.05) is 16.8 Å². The number of aryl methyl sites for hydroxylation is 1. The molecular formula is C21H21FN4O3S. The first kappa shape index (κ1) is 19.2. The van der Waals surface area contributed by atoms with Crippen LogP contribution in [0.15, 0.2) is 30.3 Å². The molecule has 2 aromatic heterocycles. The fraction of sp³-hybridized carbons (Fsp3) is 0.381. The van der Waals surface area contributed by atoms with Gasteiger partial charge in [-0.1, -0.05) is 0 Å². The number of hydrogen-bond donors (Lipinski definition) is 1. The van der Waals surface area contributed by atoms with Crippen LogP contribution in [0.5, 0.6) is 0 Å². The lowest BCUT2D eigenvalue weighted by Crippen LogP contribution is -2.20. The van der Waals surface area contributed by atoms with Crippen molar-refractivity contribution in [2.24, 2.45) is 0 Å². The Bertz CT molecular complexity index is 1280. The van der Waals surface area contributed by atoms with Gasteiger partial charge in [0.2, 0.25) is 0 Å². The summed E-state index contributed by atoms with van der Waals surface area (Å²) >= 11 is 0. The molecule has 9 heteroatoms. The molecule has 3 aromatic rings. The molecule has 1 aliphatic heterocycles. The third kappa shape index (κ3) is 3.58. The SMILES string of the molecule is Cc1cc(NC(=O)c2cc(C3CC3)nc3ccc(F)cc23)n([C@@H]2CCS(=O)(=O)C2)n1. The summed E-state index contributed by atoms with van der Waals surface area (Å²) in [6, 6.07) is 7.39. The topological polar surface area (TPSA) is 94.0 Å². The Labute approximate surface area is 173 Å². The Balaban J connectivity index is 1.52. The Morgan fingerprint density at radius 2 is 2.00 bits per heavy atom. The maximum Gasteiger partial charge on any atom is 0.257 e. The number of rotatable bonds is 4. The van der Waals surface area contributed by atoms with E-state index in [-0.39, 0.29) is 17.5 Å². The van der Waals surface area contributed by atoms with E-state index in [4.69, 9.17) is 0 Å². The van der Waals surface area contributed by atoms with Crippen LogP contribution < -0.4 is 5.32 Å². The summed E-state index contributed by atoms with van der Waals surface area (Å²) in [4.78, 5) is 17.8. The molecular weight excluding hydrogens is 407 g/mol. The molecule has 0 spiro atoms. The molecule has 1 N–H and O–H groups in total. The van der Waals surface area contributed by atoms with Crippen molar-refractivity contribution in [3.63, 3.8) is 0 Å².